The number of amides is 3. The molecule has 0 unspecified atom stereocenters. The van der Waals surface area contributed by atoms with E-state index in [0.717, 1.165) is 28.7 Å². The zero-order valence-corrected chi connectivity index (χ0v) is 26.5. The van der Waals surface area contributed by atoms with Gasteiger partial charge in [0, 0.05) is 37.8 Å². The molecule has 5 rings (SSSR count). The van der Waals surface area contributed by atoms with Crippen LogP contribution in [-0.4, -0.2) is 82.5 Å². The summed E-state index contributed by atoms with van der Waals surface area (Å²) < 4.78 is 0. The number of likely N-dealkylation sites (tertiary alicyclic amines) is 1. The van der Waals surface area contributed by atoms with Crippen molar-refractivity contribution in [1.29, 1.82) is 5.26 Å². The van der Waals surface area contributed by atoms with Gasteiger partial charge in [0.1, 0.15) is 6.04 Å². The second-order valence-corrected chi connectivity index (χ2v) is 12.9. The SMILES string of the molecule is CNC(=O)c1ccc2c(c1)CCc1cc(C(=O)NC)ccc1C2(C[C@H](NCC(=O)N1CCC[C@H]1C#N)C(C)(C)C)c1nnn[nH]1. The van der Waals surface area contributed by atoms with Crippen LogP contribution in [0.1, 0.15) is 88.8 Å². The van der Waals surface area contributed by atoms with Crippen LogP contribution in [0.3, 0.4) is 0 Å². The predicted molar refractivity (Wildman–Crippen MR) is 167 cm³/mol. The molecule has 2 aromatic carbocycles. The van der Waals surface area contributed by atoms with Crippen LogP contribution in [0.4, 0.5) is 0 Å². The minimum atomic E-state index is -0.927. The van der Waals surface area contributed by atoms with Crippen LogP contribution in [-0.2, 0) is 23.1 Å². The molecule has 1 saturated heterocycles. The molecule has 0 spiro atoms. The number of H-pyrrole nitrogens is 1. The van der Waals surface area contributed by atoms with E-state index < -0.39 is 11.5 Å². The van der Waals surface area contributed by atoms with Crippen molar-refractivity contribution in [1.82, 2.24) is 41.5 Å². The number of nitrogens with one attached hydrogen (secondary N) is 4. The van der Waals surface area contributed by atoms with E-state index in [1.807, 2.05) is 36.4 Å². The van der Waals surface area contributed by atoms with E-state index in [9.17, 15) is 19.6 Å². The van der Waals surface area contributed by atoms with Crippen LogP contribution in [0.25, 0.3) is 0 Å². The fraction of sp³-hybridized carbons (Fsp3) is 0.485. The average molecular weight is 612 g/mol. The fourth-order valence-electron chi connectivity index (χ4n) is 6.83. The molecule has 0 bridgehead atoms. The highest BCUT2D eigenvalue weighted by molar-refractivity contribution is 5.95. The third-order valence-corrected chi connectivity index (χ3v) is 9.30. The Labute approximate surface area is 263 Å². The molecule has 2 aliphatic rings. The molecule has 1 fully saturated rings. The van der Waals surface area contributed by atoms with Crippen LogP contribution in [0, 0.1) is 16.7 Å². The van der Waals surface area contributed by atoms with Gasteiger partial charge in [0.2, 0.25) is 5.91 Å². The lowest BCUT2D eigenvalue weighted by atomic mass is 9.64. The van der Waals surface area contributed by atoms with Crippen molar-refractivity contribution in [3.63, 3.8) is 0 Å². The van der Waals surface area contributed by atoms with Gasteiger partial charge < -0.3 is 20.9 Å². The summed E-state index contributed by atoms with van der Waals surface area (Å²) in [6.45, 7) is 7.02. The maximum Gasteiger partial charge on any atom is 0.251 e. The highest BCUT2D eigenvalue weighted by Gasteiger charge is 2.47. The number of hydrogen-bond acceptors (Lipinski definition) is 8. The van der Waals surface area contributed by atoms with E-state index in [1.54, 1.807) is 19.0 Å². The molecule has 0 radical (unpaired) electrons. The summed E-state index contributed by atoms with van der Waals surface area (Å²) in [6.07, 6.45) is 3.23. The average Bonchev–Trinajstić information content (AvgIpc) is 3.74. The predicted octanol–water partition coefficient (Wildman–Crippen LogP) is 2.26. The van der Waals surface area contributed by atoms with Crippen molar-refractivity contribution in [2.45, 2.75) is 70.4 Å². The number of carbonyl (C=O) groups is 3. The van der Waals surface area contributed by atoms with Gasteiger partial charge in [-0.3, -0.25) is 14.4 Å². The molecule has 3 amide bonds. The van der Waals surface area contributed by atoms with E-state index in [2.05, 4.69) is 63.4 Å². The maximum atomic E-state index is 13.4. The Morgan fingerprint density at radius 1 is 1.04 bits per heavy atom. The van der Waals surface area contributed by atoms with Gasteiger partial charge in [-0.05, 0) is 94.5 Å². The Morgan fingerprint density at radius 3 is 2.13 bits per heavy atom. The standard InChI is InChI=1S/C33H41N9O3/c1-32(2,3)27(37-19-28(43)42-14-6-7-24(42)18-34)17-33(31-38-40-41-39-31)25-12-10-22(29(44)35-4)15-20(25)8-9-21-16-23(30(45)36-5)11-13-26(21)33/h10-13,15-16,24,27,37H,6-9,14,17,19H2,1-5H3,(H,35,44)(H,36,45)(H,38,39,40,41)/t24-,27-/m0/s1. The van der Waals surface area contributed by atoms with Crippen LogP contribution in [0.5, 0.6) is 0 Å². The van der Waals surface area contributed by atoms with Crippen molar-refractivity contribution < 1.29 is 14.4 Å². The van der Waals surface area contributed by atoms with Gasteiger partial charge in [-0.1, -0.05) is 32.9 Å². The molecule has 3 aromatic rings. The molecular formula is C33H41N9O3. The van der Waals surface area contributed by atoms with E-state index >= 15 is 0 Å². The smallest absolute Gasteiger partial charge is 0.251 e. The van der Waals surface area contributed by atoms with Crippen molar-refractivity contribution in [2.24, 2.45) is 5.41 Å². The summed E-state index contributed by atoms with van der Waals surface area (Å²) in [6, 6.07) is 13.1. The normalized spacial score (nSPS) is 17.8. The monoisotopic (exact) mass is 611 g/mol. The minimum Gasteiger partial charge on any atom is -0.355 e. The van der Waals surface area contributed by atoms with Crippen molar-refractivity contribution in [2.75, 3.05) is 27.2 Å². The third-order valence-electron chi connectivity index (χ3n) is 9.30. The third kappa shape index (κ3) is 6.04. The number of rotatable bonds is 8. The Balaban J connectivity index is 1.67. The van der Waals surface area contributed by atoms with Crippen LogP contribution < -0.4 is 16.0 Å². The molecule has 12 heteroatoms. The zero-order chi connectivity index (χ0) is 32.4. The molecule has 1 aliphatic heterocycles. The first-order valence-electron chi connectivity index (χ1n) is 15.4. The largest absolute Gasteiger partial charge is 0.355 e. The number of aromatic nitrogens is 4. The molecule has 2 heterocycles. The molecule has 45 heavy (non-hydrogen) atoms. The summed E-state index contributed by atoms with van der Waals surface area (Å²) in [5.41, 5.74) is 3.70. The van der Waals surface area contributed by atoms with Crippen molar-refractivity contribution in [3.05, 3.63) is 75.6 Å². The maximum absolute atomic E-state index is 13.4. The first-order valence-corrected chi connectivity index (χ1v) is 15.4. The van der Waals surface area contributed by atoms with Gasteiger partial charge in [0.25, 0.3) is 11.8 Å². The number of carbonyl (C=O) groups excluding carboxylic acids is 3. The summed E-state index contributed by atoms with van der Waals surface area (Å²) in [4.78, 5) is 40.4. The van der Waals surface area contributed by atoms with Crippen LogP contribution >= 0.6 is 0 Å². The van der Waals surface area contributed by atoms with Gasteiger partial charge in [0.05, 0.1) is 18.0 Å². The molecule has 12 nitrogen and oxygen atoms in total. The molecule has 2 atom stereocenters. The second kappa shape index (κ2) is 12.8. The lowest BCUT2D eigenvalue weighted by molar-refractivity contribution is -0.130. The second-order valence-electron chi connectivity index (χ2n) is 12.9. The van der Waals surface area contributed by atoms with Crippen molar-refractivity contribution in [3.8, 4) is 6.07 Å². The highest BCUT2D eigenvalue weighted by Crippen LogP contribution is 2.48. The molecule has 1 aliphatic carbocycles. The molecule has 236 valence electrons. The quantitative estimate of drug-likeness (QED) is 0.301. The Bertz CT molecular complexity index is 1550. The van der Waals surface area contributed by atoms with Gasteiger partial charge in [0.15, 0.2) is 5.82 Å². The van der Waals surface area contributed by atoms with Crippen LogP contribution in [0.15, 0.2) is 36.4 Å². The number of nitriles is 1. The number of benzene rings is 2. The first kappa shape index (κ1) is 31.8. The molecule has 0 saturated carbocycles. The Morgan fingerprint density at radius 2 is 1.64 bits per heavy atom. The Kier molecular flexibility index (Phi) is 9.02. The van der Waals surface area contributed by atoms with E-state index in [0.29, 0.717) is 49.2 Å². The summed E-state index contributed by atoms with van der Waals surface area (Å²) in [5.74, 6) is 0.0620. The number of fused-ring (bicyclic) bond motifs is 2. The molecule has 1 aromatic heterocycles. The zero-order valence-electron chi connectivity index (χ0n) is 26.5. The lowest BCUT2D eigenvalue weighted by Gasteiger charge is -2.42. The lowest BCUT2D eigenvalue weighted by Crippen LogP contribution is -2.51. The summed E-state index contributed by atoms with van der Waals surface area (Å²) in [7, 11) is 3.22. The van der Waals surface area contributed by atoms with Crippen LogP contribution in [0.2, 0.25) is 0 Å². The topological polar surface area (TPSA) is 169 Å². The summed E-state index contributed by atoms with van der Waals surface area (Å²) >= 11 is 0. The number of tetrazole rings is 1. The first-order chi connectivity index (χ1) is 21.5. The van der Waals surface area contributed by atoms with E-state index in [1.165, 1.54) is 0 Å². The Hall–Kier alpha value is -4.63. The van der Waals surface area contributed by atoms with Crippen molar-refractivity contribution >= 4 is 17.7 Å². The molecule has 4 N–H and O–H groups in total. The van der Waals surface area contributed by atoms with Gasteiger partial charge in [-0.25, -0.2) is 5.10 Å². The molecular weight excluding hydrogens is 570 g/mol. The fourth-order valence-corrected chi connectivity index (χ4v) is 6.83. The van der Waals surface area contributed by atoms with Gasteiger partial charge in [-0.2, -0.15) is 5.26 Å². The van der Waals surface area contributed by atoms with Gasteiger partial charge >= 0.3 is 0 Å². The van der Waals surface area contributed by atoms with Gasteiger partial charge in [-0.15, -0.1) is 5.10 Å². The number of aromatic amines is 1. The highest BCUT2D eigenvalue weighted by atomic mass is 16.2. The van der Waals surface area contributed by atoms with E-state index in [-0.39, 0.29) is 35.7 Å². The number of aryl methyl sites for hydroxylation is 2. The minimum absolute atomic E-state index is 0.0792. The summed E-state index contributed by atoms with van der Waals surface area (Å²) in [5, 5.41) is 34.1. The number of nitrogens with zero attached hydrogens (tertiary/aromatic N) is 5. The number of hydrogen-bond donors (Lipinski definition) is 4. The van der Waals surface area contributed by atoms with E-state index in [4.69, 9.17) is 0 Å².